The number of hydrogen-bond acceptors (Lipinski definition) is 2. The lowest BCUT2D eigenvalue weighted by atomic mass is 10.2. The molecule has 0 N–H and O–H groups in total. The van der Waals surface area contributed by atoms with E-state index in [1.165, 1.54) is 0 Å². The maximum Gasteiger partial charge on any atom is 0.222 e. The van der Waals surface area contributed by atoms with Crippen molar-refractivity contribution >= 4 is 18.5 Å². The molecule has 12 heavy (non-hydrogen) atoms. The zero-order chi connectivity index (χ0) is 8.97. The molecule has 1 heterocycles. The van der Waals surface area contributed by atoms with Crippen molar-refractivity contribution in [3.63, 3.8) is 0 Å². The van der Waals surface area contributed by atoms with E-state index in [1.54, 1.807) is 0 Å². The van der Waals surface area contributed by atoms with Crippen LogP contribution in [0.2, 0.25) is 0 Å². The highest BCUT2D eigenvalue weighted by molar-refractivity contribution is 7.81. The first kappa shape index (κ1) is 9.90. The molecule has 1 unspecified atom stereocenters. The van der Waals surface area contributed by atoms with E-state index >= 15 is 0 Å². The Kier molecular flexibility index (Phi) is 3.92. The molecule has 0 aromatic rings. The number of carbonyl (C=O) groups is 1. The molecule has 0 aromatic carbocycles. The van der Waals surface area contributed by atoms with E-state index in [2.05, 4.69) is 19.6 Å². The maximum atomic E-state index is 11.2. The van der Waals surface area contributed by atoms with Gasteiger partial charge in [-0.15, -0.1) is 0 Å². The highest BCUT2D eigenvalue weighted by Crippen LogP contribution is 2.13. The Balaban J connectivity index is 2.25. The molecule has 2 nitrogen and oxygen atoms in total. The Labute approximate surface area is 79.7 Å². The molecule has 70 valence electrons. The van der Waals surface area contributed by atoms with Gasteiger partial charge in [-0.25, -0.2) is 0 Å². The third-order valence-electron chi connectivity index (χ3n) is 2.22. The molecule has 0 spiro atoms. The highest BCUT2D eigenvalue weighted by Gasteiger charge is 2.21. The monoisotopic (exact) mass is 187 g/mol. The molecular formula is C9H17NOS. The molecule has 1 aliphatic rings. The van der Waals surface area contributed by atoms with Crippen molar-refractivity contribution in [1.29, 1.82) is 0 Å². The van der Waals surface area contributed by atoms with Crippen LogP contribution in [0.1, 0.15) is 32.6 Å². The van der Waals surface area contributed by atoms with E-state index in [0.717, 1.165) is 38.8 Å². The van der Waals surface area contributed by atoms with Gasteiger partial charge in [0.1, 0.15) is 0 Å². The van der Waals surface area contributed by atoms with Gasteiger partial charge in [0.15, 0.2) is 0 Å². The topological polar surface area (TPSA) is 20.3 Å². The summed E-state index contributed by atoms with van der Waals surface area (Å²) in [6.45, 7) is 3.93. The summed E-state index contributed by atoms with van der Waals surface area (Å²) in [5.74, 6) is 0.310. The van der Waals surface area contributed by atoms with E-state index < -0.39 is 0 Å². The van der Waals surface area contributed by atoms with Crippen LogP contribution in [0.25, 0.3) is 0 Å². The van der Waals surface area contributed by atoms with Crippen molar-refractivity contribution in [3.8, 4) is 0 Å². The first-order valence-corrected chi connectivity index (χ1v) is 5.21. The molecule has 0 aromatic heterocycles. The normalized spacial score (nSPS) is 20.2. The average Bonchev–Trinajstić information content (AvgIpc) is 2.37. The Hall–Kier alpha value is -0.180. The number of amides is 1. The second kappa shape index (κ2) is 4.75. The van der Waals surface area contributed by atoms with Crippen molar-refractivity contribution in [3.05, 3.63) is 0 Å². The minimum Gasteiger partial charge on any atom is -0.342 e. The average molecular weight is 187 g/mol. The van der Waals surface area contributed by atoms with Crippen LogP contribution in [0.3, 0.4) is 0 Å². The minimum atomic E-state index is 0.310. The summed E-state index contributed by atoms with van der Waals surface area (Å²) in [4.78, 5) is 13.1. The third-order valence-corrected chi connectivity index (χ3v) is 2.65. The SMILES string of the molecule is CCCC(S)CN1CCCC1=O. The summed E-state index contributed by atoms with van der Waals surface area (Å²) in [6.07, 6.45) is 4.03. The molecule has 1 atom stereocenters. The van der Waals surface area contributed by atoms with Crippen molar-refractivity contribution < 1.29 is 4.79 Å². The van der Waals surface area contributed by atoms with Crippen LogP contribution in [0.4, 0.5) is 0 Å². The van der Waals surface area contributed by atoms with E-state index in [-0.39, 0.29) is 0 Å². The molecule has 3 heteroatoms. The van der Waals surface area contributed by atoms with Crippen LogP contribution < -0.4 is 0 Å². The van der Waals surface area contributed by atoms with Crippen LogP contribution in [-0.2, 0) is 4.79 Å². The third kappa shape index (κ3) is 2.70. The number of hydrogen-bond donors (Lipinski definition) is 1. The van der Waals surface area contributed by atoms with E-state index in [4.69, 9.17) is 0 Å². The molecule has 0 saturated carbocycles. The summed E-state index contributed by atoms with van der Waals surface area (Å²) in [7, 11) is 0. The van der Waals surface area contributed by atoms with Gasteiger partial charge in [0.05, 0.1) is 0 Å². The van der Waals surface area contributed by atoms with E-state index in [0.29, 0.717) is 11.2 Å². The molecule has 1 fully saturated rings. The molecule has 1 amide bonds. The zero-order valence-corrected chi connectivity index (χ0v) is 8.52. The van der Waals surface area contributed by atoms with Gasteiger partial charge in [-0.3, -0.25) is 4.79 Å². The Morgan fingerprint density at radius 1 is 1.67 bits per heavy atom. The molecule has 1 aliphatic heterocycles. The Bertz CT molecular complexity index is 161. The molecule has 1 rings (SSSR count). The van der Waals surface area contributed by atoms with Crippen LogP contribution in [0.15, 0.2) is 0 Å². The number of thiol groups is 1. The van der Waals surface area contributed by atoms with Gasteiger partial charge >= 0.3 is 0 Å². The van der Waals surface area contributed by atoms with Crippen molar-refractivity contribution in [2.75, 3.05) is 13.1 Å². The minimum absolute atomic E-state index is 0.310. The van der Waals surface area contributed by atoms with Crippen LogP contribution in [0.5, 0.6) is 0 Å². The fourth-order valence-electron chi connectivity index (χ4n) is 1.58. The number of rotatable bonds is 4. The van der Waals surface area contributed by atoms with Crippen molar-refractivity contribution in [2.24, 2.45) is 0 Å². The van der Waals surface area contributed by atoms with Crippen LogP contribution in [0, 0.1) is 0 Å². The number of nitrogens with zero attached hydrogens (tertiary/aromatic N) is 1. The van der Waals surface area contributed by atoms with Crippen molar-refractivity contribution in [1.82, 2.24) is 4.90 Å². The lowest BCUT2D eigenvalue weighted by Gasteiger charge is -2.19. The van der Waals surface area contributed by atoms with Gasteiger partial charge < -0.3 is 4.90 Å². The Morgan fingerprint density at radius 2 is 2.42 bits per heavy atom. The lowest BCUT2D eigenvalue weighted by molar-refractivity contribution is -0.127. The van der Waals surface area contributed by atoms with E-state index in [1.807, 2.05) is 4.90 Å². The first-order valence-electron chi connectivity index (χ1n) is 4.70. The smallest absolute Gasteiger partial charge is 0.222 e. The van der Waals surface area contributed by atoms with E-state index in [9.17, 15) is 4.79 Å². The zero-order valence-electron chi connectivity index (χ0n) is 7.62. The summed E-state index contributed by atoms with van der Waals surface area (Å²) >= 11 is 4.43. The molecule has 1 saturated heterocycles. The van der Waals surface area contributed by atoms with Gasteiger partial charge in [-0.05, 0) is 12.8 Å². The predicted molar refractivity (Wildman–Crippen MR) is 53.5 cm³/mol. The summed E-state index contributed by atoms with van der Waals surface area (Å²) in [5, 5.41) is 0.372. The van der Waals surface area contributed by atoms with Crippen LogP contribution in [-0.4, -0.2) is 29.1 Å². The molecule has 0 radical (unpaired) electrons. The Morgan fingerprint density at radius 3 is 2.92 bits per heavy atom. The molecule has 0 aliphatic carbocycles. The second-order valence-electron chi connectivity index (χ2n) is 3.39. The summed E-state index contributed by atoms with van der Waals surface area (Å²) in [5.41, 5.74) is 0. The fourth-order valence-corrected chi connectivity index (χ4v) is 2.03. The van der Waals surface area contributed by atoms with Crippen LogP contribution >= 0.6 is 12.6 Å². The van der Waals surface area contributed by atoms with Gasteiger partial charge in [0, 0.05) is 24.8 Å². The van der Waals surface area contributed by atoms with Gasteiger partial charge in [0.25, 0.3) is 0 Å². The lowest BCUT2D eigenvalue weighted by Crippen LogP contribution is -2.30. The largest absolute Gasteiger partial charge is 0.342 e. The van der Waals surface area contributed by atoms with Crippen molar-refractivity contribution in [2.45, 2.75) is 37.9 Å². The van der Waals surface area contributed by atoms with Gasteiger partial charge in [-0.1, -0.05) is 13.3 Å². The molecule has 0 bridgehead atoms. The highest BCUT2D eigenvalue weighted by atomic mass is 32.1. The number of likely N-dealkylation sites (tertiary alicyclic amines) is 1. The summed E-state index contributed by atoms with van der Waals surface area (Å²) < 4.78 is 0. The second-order valence-corrected chi connectivity index (χ2v) is 4.12. The summed E-state index contributed by atoms with van der Waals surface area (Å²) in [6, 6.07) is 0. The number of carbonyl (C=O) groups excluding carboxylic acids is 1. The fraction of sp³-hybridized carbons (Fsp3) is 0.889. The predicted octanol–water partition coefficient (Wildman–Crippen LogP) is 1.71. The van der Waals surface area contributed by atoms with Gasteiger partial charge in [-0.2, -0.15) is 12.6 Å². The first-order chi connectivity index (χ1) is 5.74. The van der Waals surface area contributed by atoms with Gasteiger partial charge in [0.2, 0.25) is 5.91 Å². The molecular weight excluding hydrogens is 170 g/mol. The standard InChI is InChI=1S/C9H17NOS/c1-2-4-8(12)7-10-6-3-5-9(10)11/h8,12H,2-7H2,1H3. The maximum absolute atomic E-state index is 11.2. The quantitative estimate of drug-likeness (QED) is 0.664.